The van der Waals surface area contributed by atoms with Crippen LogP contribution in [0.4, 0.5) is 0 Å². The van der Waals surface area contributed by atoms with Gasteiger partial charge in [0.25, 0.3) is 0 Å². The van der Waals surface area contributed by atoms with Gasteiger partial charge in [-0.15, -0.1) is 0 Å². The smallest absolute Gasteiger partial charge is 0.143 e. The van der Waals surface area contributed by atoms with Gasteiger partial charge in [0.2, 0.25) is 0 Å². The molecule has 0 saturated carbocycles. The summed E-state index contributed by atoms with van der Waals surface area (Å²) in [5, 5.41) is -2.24. The summed E-state index contributed by atoms with van der Waals surface area (Å²) < 4.78 is 201. The molecule has 0 aliphatic carbocycles. The Morgan fingerprint density at radius 1 is 0.404 bits per heavy atom. The van der Waals surface area contributed by atoms with Gasteiger partial charge in [-0.3, -0.25) is 0 Å². The van der Waals surface area contributed by atoms with E-state index in [9.17, 15) is 8.22 Å². The van der Waals surface area contributed by atoms with Gasteiger partial charge in [-0.1, -0.05) is 151 Å². The number of hydrogen-bond donors (Lipinski definition) is 0. The predicted molar refractivity (Wildman–Crippen MR) is 200 cm³/mol. The lowest BCUT2D eigenvalue weighted by Crippen LogP contribution is -1.91. The zero-order valence-electron chi connectivity index (χ0n) is 45.9. The first-order valence-electron chi connectivity index (χ1n) is 25.4. The van der Waals surface area contributed by atoms with Gasteiger partial charge in [0.1, 0.15) is 11.2 Å². The zero-order chi connectivity index (χ0) is 50.0. The molecular weight excluding hydrogens is 569 g/mol. The molecule has 0 aliphatic rings. The number of furan rings is 1. The van der Waals surface area contributed by atoms with E-state index in [0.717, 1.165) is 0 Å². The van der Waals surface area contributed by atoms with Gasteiger partial charge >= 0.3 is 0 Å². The van der Waals surface area contributed by atoms with Crippen LogP contribution in [0.5, 0.6) is 0 Å². The highest BCUT2D eigenvalue weighted by Crippen LogP contribution is 2.46. The molecule has 0 spiro atoms. The largest absolute Gasteiger partial charge is 0.455 e. The van der Waals surface area contributed by atoms with Crippen LogP contribution in [0.2, 0.25) is 0 Å². The lowest BCUT2D eigenvalue weighted by molar-refractivity contribution is 0.670. The van der Waals surface area contributed by atoms with Crippen molar-refractivity contribution in [1.82, 2.24) is 0 Å². The Kier molecular flexibility index (Phi) is 2.71. The first-order chi connectivity index (χ1) is 32.5. The first kappa shape index (κ1) is 12.5. The standard InChI is InChI=1S/C46H28O/c1-2-13-31-27-32(24-23-29(31)11-1)44-36-16-5-7-18-38(36)45(39-19-8-6-17-37(39)44)33-25-26-43-42(28-33)41-22-10-21-40(46(41)47-43)35-20-9-14-30-12-3-4-15-34(30)35/h1-28H/i1D,2D,3D,4D,5D,6D,7D,8D,9D,11D,12D,13D,14D,15D,16D,17D,18D,19D,20D,23D,24D,27D. The minimum Gasteiger partial charge on any atom is -0.455 e. The van der Waals surface area contributed by atoms with Gasteiger partial charge < -0.3 is 4.42 Å². The van der Waals surface area contributed by atoms with Crippen molar-refractivity contribution in [3.05, 3.63) is 169 Å². The van der Waals surface area contributed by atoms with E-state index in [1.165, 1.54) is 24.3 Å². The van der Waals surface area contributed by atoms with Crippen LogP contribution < -0.4 is 0 Å². The molecule has 0 bridgehead atoms. The van der Waals surface area contributed by atoms with Crippen molar-refractivity contribution in [3.63, 3.8) is 0 Å². The molecule has 1 nitrogen and oxygen atoms in total. The molecule has 218 valence electrons. The first-order valence-corrected chi connectivity index (χ1v) is 14.4. The second-order valence-corrected chi connectivity index (χ2v) is 10.7. The van der Waals surface area contributed by atoms with Crippen LogP contribution in [0.1, 0.15) is 30.2 Å². The maximum Gasteiger partial charge on any atom is 0.143 e. The molecule has 0 unspecified atom stereocenters. The predicted octanol–water partition coefficient (Wildman–Crippen LogP) is 13.2. The molecule has 10 rings (SSSR count). The number of fused-ring (bicyclic) bond motifs is 7. The highest BCUT2D eigenvalue weighted by atomic mass is 16.3. The lowest BCUT2D eigenvalue weighted by Gasteiger charge is -2.18. The Hall–Kier alpha value is -6.18. The van der Waals surface area contributed by atoms with Gasteiger partial charge in [-0.2, -0.15) is 0 Å². The highest BCUT2D eigenvalue weighted by Gasteiger charge is 2.19. The monoisotopic (exact) mass is 618 g/mol. The molecule has 0 amide bonds. The Labute approximate surface area is 302 Å². The van der Waals surface area contributed by atoms with Crippen LogP contribution in [0, 0.1) is 0 Å². The fourth-order valence-corrected chi connectivity index (χ4v) is 6.24. The molecule has 0 aliphatic heterocycles. The van der Waals surface area contributed by atoms with Crippen LogP contribution >= 0.6 is 0 Å². The van der Waals surface area contributed by atoms with Crippen molar-refractivity contribution in [2.24, 2.45) is 0 Å². The third-order valence-corrected chi connectivity index (χ3v) is 8.24. The van der Waals surface area contributed by atoms with E-state index in [1.54, 1.807) is 12.1 Å². The molecule has 10 aromatic rings. The Morgan fingerprint density at radius 3 is 1.77 bits per heavy atom. The molecule has 1 heteroatoms. The Morgan fingerprint density at radius 2 is 1.02 bits per heavy atom. The topological polar surface area (TPSA) is 13.1 Å². The summed E-state index contributed by atoms with van der Waals surface area (Å²) >= 11 is 0. The second kappa shape index (κ2) is 10.2. The van der Waals surface area contributed by atoms with Crippen molar-refractivity contribution in [3.8, 4) is 33.4 Å². The minimum absolute atomic E-state index is 0.0873. The van der Waals surface area contributed by atoms with Crippen molar-refractivity contribution < 1.29 is 34.6 Å². The average molecular weight is 619 g/mol. The van der Waals surface area contributed by atoms with Crippen LogP contribution in [0.15, 0.2) is 174 Å². The molecular formula is C46H28O. The molecule has 1 heterocycles. The molecule has 9 aromatic carbocycles. The highest BCUT2D eigenvalue weighted by molar-refractivity contribution is 6.22. The van der Waals surface area contributed by atoms with Crippen LogP contribution in [0.3, 0.4) is 0 Å². The van der Waals surface area contributed by atoms with Gasteiger partial charge in [-0.05, 0) is 89.1 Å². The van der Waals surface area contributed by atoms with Crippen molar-refractivity contribution >= 4 is 65.0 Å². The summed E-state index contributed by atoms with van der Waals surface area (Å²) in [5.41, 5.74) is -0.767. The third kappa shape index (κ3) is 3.97. The quantitative estimate of drug-likeness (QED) is 0.180. The molecule has 0 atom stereocenters. The van der Waals surface area contributed by atoms with E-state index < -0.39 is 166 Å². The molecule has 0 saturated heterocycles. The van der Waals surface area contributed by atoms with E-state index in [-0.39, 0.29) is 55.0 Å². The van der Waals surface area contributed by atoms with Crippen LogP contribution in [-0.2, 0) is 0 Å². The zero-order valence-corrected chi connectivity index (χ0v) is 23.9. The second-order valence-electron chi connectivity index (χ2n) is 10.7. The van der Waals surface area contributed by atoms with Crippen LogP contribution in [-0.4, -0.2) is 0 Å². The maximum atomic E-state index is 9.46. The number of hydrogen-bond acceptors (Lipinski definition) is 1. The fourth-order valence-electron chi connectivity index (χ4n) is 6.24. The number of rotatable bonds is 3. The summed E-state index contributed by atoms with van der Waals surface area (Å²) in [6, 6.07) is -6.10. The number of benzene rings is 9. The molecule has 47 heavy (non-hydrogen) atoms. The van der Waals surface area contributed by atoms with E-state index in [0.29, 0.717) is 10.8 Å². The summed E-state index contributed by atoms with van der Waals surface area (Å²) in [6.07, 6.45) is 0. The third-order valence-electron chi connectivity index (χ3n) is 8.24. The Bertz CT molecular complexity index is 4010. The van der Waals surface area contributed by atoms with Gasteiger partial charge in [0.15, 0.2) is 0 Å². The summed E-state index contributed by atoms with van der Waals surface area (Å²) in [6.45, 7) is 0. The molecule has 0 radical (unpaired) electrons. The maximum absolute atomic E-state index is 9.46. The van der Waals surface area contributed by atoms with Gasteiger partial charge in [0, 0.05) is 16.3 Å². The normalized spacial score (nSPS) is 18.4. The van der Waals surface area contributed by atoms with Crippen molar-refractivity contribution in [2.45, 2.75) is 0 Å². The SMILES string of the molecule is [2H]c1c([2H])c([2H])c2c([2H])c(-c3c4c([2H])c([2H])c([2H])c([2H])c4c(-c4ccc5oc6c(-c7c([2H])c([2H])c([2H])c8c([2H])c([2H])c([2H])c([2H])c78)cccc6c5c4)c4c([2H])c([2H])c([2H])c([2H])c34)c([2H])c([2H])c2c1[2H]. The van der Waals surface area contributed by atoms with Crippen LogP contribution in [0.25, 0.3) is 98.4 Å². The van der Waals surface area contributed by atoms with Crippen molar-refractivity contribution in [1.29, 1.82) is 0 Å². The minimum atomic E-state index is -0.816. The molecule has 0 N–H and O–H groups in total. The molecule has 1 aromatic heterocycles. The number of para-hydroxylation sites is 1. The lowest BCUT2D eigenvalue weighted by atomic mass is 9.85. The average Bonchev–Trinajstić information content (AvgIpc) is 3.71. The van der Waals surface area contributed by atoms with Gasteiger partial charge in [0.05, 0.1) is 30.2 Å². The summed E-state index contributed by atoms with van der Waals surface area (Å²) in [5.74, 6) is 0. The van der Waals surface area contributed by atoms with E-state index in [2.05, 4.69) is 0 Å². The summed E-state index contributed by atoms with van der Waals surface area (Å²) in [7, 11) is 0. The fraction of sp³-hybridized carbons (Fsp3) is 0. The molecule has 0 fully saturated rings. The van der Waals surface area contributed by atoms with Gasteiger partial charge in [-0.25, -0.2) is 0 Å². The Balaban J connectivity index is 1.38. The van der Waals surface area contributed by atoms with E-state index in [4.69, 9.17) is 26.3 Å². The van der Waals surface area contributed by atoms with Crippen molar-refractivity contribution in [2.75, 3.05) is 0 Å². The summed E-state index contributed by atoms with van der Waals surface area (Å²) in [4.78, 5) is 0. The van der Waals surface area contributed by atoms with E-state index >= 15 is 0 Å². The van der Waals surface area contributed by atoms with E-state index in [1.807, 2.05) is 0 Å².